The lowest BCUT2D eigenvalue weighted by Crippen LogP contribution is -2.35. The van der Waals surface area contributed by atoms with Gasteiger partial charge in [0.05, 0.1) is 5.41 Å². The average Bonchev–Trinajstić information content (AvgIpc) is 2.72. The summed E-state index contributed by atoms with van der Waals surface area (Å²) in [5.74, 6) is -2.08. The second kappa shape index (κ2) is 4.36. The van der Waals surface area contributed by atoms with E-state index in [1.165, 1.54) is 17.0 Å². The molecule has 1 aliphatic rings. The standard InChI is InChI=1S/C12H13FN2O3/c1-12(11(17)18)5-6-15(7-12)10(16)8-3-2-4-9(13)14-8/h2-4H,5-7H2,1H3,(H,17,18). The number of pyridine rings is 1. The highest BCUT2D eigenvalue weighted by atomic mass is 19.1. The predicted molar refractivity (Wildman–Crippen MR) is 60.5 cm³/mol. The van der Waals surface area contributed by atoms with Crippen LogP contribution in [0.5, 0.6) is 0 Å². The molecule has 1 saturated heterocycles. The van der Waals surface area contributed by atoms with Gasteiger partial charge in [-0.3, -0.25) is 9.59 Å². The Morgan fingerprint density at radius 2 is 2.22 bits per heavy atom. The van der Waals surface area contributed by atoms with Gasteiger partial charge in [0, 0.05) is 13.1 Å². The van der Waals surface area contributed by atoms with Crippen molar-refractivity contribution in [3.8, 4) is 0 Å². The van der Waals surface area contributed by atoms with E-state index in [4.69, 9.17) is 5.11 Å². The molecule has 0 spiro atoms. The molecule has 0 aliphatic carbocycles. The maximum absolute atomic E-state index is 12.9. The van der Waals surface area contributed by atoms with E-state index in [9.17, 15) is 14.0 Å². The van der Waals surface area contributed by atoms with E-state index >= 15 is 0 Å². The summed E-state index contributed by atoms with van der Waals surface area (Å²) in [6.07, 6.45) is 0.392. The number of carbonyl (C=O) groups is 2. The molecule has 2 heterocycles. The predicted octanol–water partition coefficient (Wildman–Crippen LogP) is 1.16. The number of halogens is 1. The molecule has 1 N–H and O–H groups in total. The van der Waals surface area contributed by atoms with Gasteiger partial charge in [-0.25, -0.2) is 4.98 Å². The van der Waals surface area contributed by atoms with Gasteiger partial charge in [0.25, 0.3) is 5.91 Å². The lowest BCUT2D eigenvalue weighted by molar-refractivity contribution is -0.147. The second-order valence-electron chi connectivity index (χ2n) is 4.69. The van der Waals surface area contributed by atoms with Gasteiger partial charge in [0.15, 0.2) is 0 Å². The van der Waals surface area contributed by atoms with Crippen LogP contribution in [0.25, 0.3) is 0 Å². The molecule has 0 aromatic carbocycles. The number of likely N-dealkylation sites (tertiary alicyclic amines) is 1. The second-order valence-corrected chi connectivity index (χ2v) is 4.69. The van der Waals surface area contributed by atoms with Crippen molar-refractivity contribution in [3.05, 3.63) is 29.8 Å². The largest absolute Gasteiger partial charge is 0.481 e. The fourth-order valence-electron chi connectivity index (χ4n) is 2.00. The van der Waals surface area contributed by atoms with Crippen LogP contribution in [-0.4, -0.2) is 40.0 Å². The van der Waals surface area contributed by atoms with Crippen LogP contribution < -0.4 is 0 Å². The number of aliphatic carboxylic acids is 1. The van der Waals surface area contributed by atoms with Crippen molar-refractivity contribution >= 4 is 11.9 Å². The van der Waals surface area contributed by atoms with E-state index in [1.54, 1.807) is 6.92 Å². The van der Waals surface area contributed by atoms with Crippen LogP contribution in [0, 0.1) is 11.4 Å². The first kappa shape index (κ1) is 12.5. The molecule has 2 rings (SSSR count). The first-order valence-electron chi connectivity index (χ1n) is 5.58. The van der Waals surface area contributed by atoms with Crippen LogP contribution in [0.3, 0.4) is 0 Å². The Labute approximate surface area is 103 Å². The van der Waals surface area contributed by atoms with Crippen LogP contribution >= 0.6 is 0 Å². The zero-order chi connectivity index (χ0) is 13.3. The quantitative estimate of drug-likeness (QED) is 0.802. The maximum Gasteiger partial charge on any atom is 0.311 e. The van der Waals surface area contributed by atoms with E-state index < -0.39 is 23.2 Å². The van der Waals surface area contributed by atoms with Gasteiger partial charge in [-0.05, 0) is 25.5 Å². The molecule has 18 heavy (non-hydrogen) atoms. The Bertz CT molecular complexity index is 506. The van der Waals surface area contributed by atoms with Crippen LogP contribution in [0.4, 0.5) is 4.39 Å². The number of carboxylic acid groups (broad SMARTS) is 1. The molecule has 0 bridgehead atoms. The van der Waals surface area contributed by atoms with E-state index in [0.717, 1.165) is 6.07 Å². The van der Waals surface area contributed by atoms with Gasteiger partial charge >= 0.3 is 5.97 Å². The van der Waals surface area contributed by atoms with Crippen molar-refractivity contribution in [3.63, 3.8) is 0 Å². The van der Waals surface area contributed by atoms with Gasteiger partial charge in [0.1, 0.15) is 5.69 Å². The fourth-order valence-corrected chi connectivity index (χ4v) is 2.00. The Hall–Kier alpha value is -1.98. The van der Waals surface area contributed by atoms with Crippen molar-refractivity contribution < 1.29 is 19.1 Å². The molecule has 1 aliphatic heterocycles. The van der Waals surface area contributed by atoms with Crippen molar-refractivity contribution in [1.82, 2.24) is 9.88 Å². The van der Waals surface area contributed by atoms with Gasteiger partial charge < -0.3 is 10.0 Å². The van der Waals surface area contributed by atoms with Crippen LogP contribution in [0.15, 0.2) is 18.2 Å². The molecule has 0 radical (unpaired) electrons. The first-order chi connectivity index (χ1) is 8.42. The first-order valence-corrected chi connectivity index (χ1v) is 5.58. The highest BCUT2D eigenvalue weighted by molar-refractivity contribution is 5.93. The summed E-state index contributed by atoms with van der Waals surface area (Å²) >= 11 is 0. The normalized spacial score (nSPS) is 23.1. The fraction of sp³-hybridized carbons (Fsp3) is 0.417. The summed E-state index contributed by atoms with van der Waals surface area (Å²) in [6, 6.07) is 3.98. The smallest absolute Gasteiger partial charge is 0.311 e. The molecule has 1 aromatic heterocycles. The summed E-state index contributed by atoms with van der Waals surface area (Å²) in [7, 11) is 0. The van der Waals surface area contributed by atoms with E-state index in [1.807, 2.05) is 0 Å². The van der Waals surface area contributed by atoms with Crippen LogP contribution in [0.1, 0.15) is 23.8 Å². The van der Waals surface area contributed by atoms with Crippen molar-refractivity contribution in [2.45, 2.75) is 13.3 Å². The zero-order valence-corrected chi connectivity index (χ0v) is 9.89. The molecule has 0 saturated carbocycles. The van der Waals surface area contributed by atoms with Crippen molar-refractivity contribution in [2.24, 2.45) is 5.41 Å². The van der Waals surface area contributed by atoms with Crippen molar-refractivity contribution in [2.75, 3.05) is 13.1 Å². The number of rotatable bonds is 2. The Kier molecular flexibility index (Phi) is 3.02. The minimum Gasteiger partial charge on any atom is -0.481 e. The number of carboxylic acids is 1. The van der Waals surface area contributed by atoms with Gasteiger partial charge in [-0.2, -0.15) is 4.39 Å². The molecular formula is C12H13FN2O3. The summed E-state index contributed by atoms with van der Waals surface area (Å²) in [5, 5.41) is 9.07. The monoisotopic (exact) mass is 252 g/mol. The Morgan fingerprint density at radius 3 is 2.78 bits per heavy atom. The highest BCUT2D eigenvalue weighted by Gasteiger charge is 2.42. The van der Waals surface area contributed by atoms with E-state index in [2.05, 4.69) is 4.98 Å². The van der Waals surface area contributed by atoms with E-state index in [-0.39, 0.29) is 12.2 Å². The molecular weight excluding hydrogens is 239 g/mol. The third-order valence-corrected chi connectivity index (χ3v) is 3.21. The Balaban J connectivity index is 2.15. The minimum absolute atomic E-state index is 0.00430. The average molecular weight is 252 g/mol. The topological polar surface area (TPSA) is 70.5 Å². The van der Waals surface area contributed by atoms with Gasteiger partial charge in [-0.15, -0.1) is 0 Å². The summed E-state index contributed by atoms with van der Waals surface area (Å²) < 4.78 is 12.9. The molecule has 5 nitrogen and oxygen atoms in total. The third kappa shape index (κ3) is 2.18. The number of nitrogens with zero attached hydrogens (tertiary/aromatic N) is 2. The molecule has 6 heteroatoms. The minimum atomic E-state index is -0.928. The summed E-state index contributed by atoms with van der Waals surface area (Å²) in [6.45, 7) is 2.07. The van der Waals surface area contributed by atoms with Crippen LogP contribution in [0.2, 0.25) is 0 Å². The summed E-state index contributed by atoms with van der Waals surface area (Å²) in [4.78, 5) is 28.0. The summed E-state index contributed by atoms with van der Waals surface area (Å²) in [5.41, 5.74) is -0.923. The Morgan fingerprint density at radius 1 is 1.50 bits per heavy atom. The number of hydrogen-bond donors (Lipinski definition) is 1. The number of amides is 1. The number of aromatic nitrogens is 1. The third-order valence-electron chi connectivity index (χ3n) is 3.21. The van der Waals surface area contributed by atoms with Gasteiger partial charge in [-0.1, -0.05) is 6.07 Å². The molecule has 1 atom stereocenters. The number of carbonyl (C=O) groups excluding carboxylic acids is 1. The maximum atomic E-state index is 12.9. The molecule has 1 fully saturated rings. The van der Waals surface area contributed by atoms with Crippen molar-refractivity contribution in [1.29, 1.82) is 0 Å². The SMILES string of the molecule is CC1(C(=O)O)CCN(C(=O)c2cccc(F)n2)C1. The highest BCUT2D eigenvalue weighted by Crippen LogP contribution is 2.30. The molecule has 1 aromatic rings. The van der Waals surface area contributed by atoms with Gasteiger partial charge in [0.2, 0.25) is 5.95 Å². The lowest BCUT2D eigenvalue weighted by Gasteiger charge is -2.19. The zero-order valence-electron chi connectivity index (χ0n) is 9.89. The molecule has 1 amide bonds. The number of hydrogen-bond acceptors (Lipinski definition) is 3. The van der Waals surface area contributed by atoms with Crippen LogP contribution in [-0.2, 0) is 4.79 Å². The molecule has 96 valence electrons. The molecule has 1 unspecified atom stereocenters. The van der Waals surface area contributed by atoms with E-state index in [0.29, 0.717) is 13.0 Å². The lowest BCUT2D eigenvalue weighted by atomic mass is 9.90.